The summed E-state index contributed by atoms with van der Waals surface area (Å²) in [6.07, 6.45) is 2.78. The molecule has 0 saturated carbocycles. The molecule has 0 spiro atoms. The molecule has 3 heterocycles. The first-order chi connectivity index (χ1) is 14.7. The maximum absolute atomic E-state index is 12.5. The van der Waals surface area contributed by atoms with Crippen molar-refractivity contribution in [2.75, 3.05) is 30.5 Å². The first kappa shape index (κ1) is 22.8. The molecular formula is C21H28N6O3S. The second-order valence-corrected chi connectivity index (χ2v) is 8.70. The van der Waals surface area contributed by atoms with Crippen molar-refractivity contribution >= 4 is 30.6 Å². The van der Waals surface area contributed by atoms with Crippen LogP contribution in [0.25, 0.3) is 0 Å². The SMILES string of the molecule is CC(C)(C)NC(=O)N(S)c1ccc(OC(=O)N2CCN(Cc3ccccn3)CC2)nc1. The molecule has 10 heteroatoms. The summed E-state index contributed by atoms with van der Waals surface area (Å²) in [7, 11) is 0. The number of rotatable bonds is 4. The van der Waals surface area contributed by atoms with Gasteiger partial charge in [0.05, 0.1) is 17.6 Å². The Balaban J connectivity index is 1.48. The fourth-order valence-electron chi connectivity index (χ4n) is 3.01. The average Bonchev–Trinajstić information content (AvgIpc) is 2.74. The molecule has 1 saturated heterocycles. The van der Waals surface area contributed by atoms with Gasteiger partial charge < -0.3 is 15.0 Å². The first-order valence-corrected chi connectivity index (χ1v) is 10.5. The minimum absolute atomic E-state index is 0.169. The molecule has 2 aromatic heterocycles. The maximum atomic E-state index is 12.5. The first-order valence-electron chi connectivity index (χ1n) is 10.1. The standard InChI is InChI=1S/C21H28N6O3S/c1-21(2,3)24-19(28)27(31)17-7-8-18(23-14-17)30-20(29)26-12-10-25(11-13-26)15-16-6-4-5-9-22-16/h4-9,14,31H,10-13,15H2,1-3H3,(H,24,28). The van der Waals surface area contributed by atoms with Gasteiger partial charge >= 0.3 is 12.1 Å². The zero-order chi connectivity index (χ0) is 22.4. The summed E-state index contributed by atoms with van der Waals surface area (Å²) in [4.78, 5) is 37.0. The molecular weight excluding hydrogens is 416 g/mol. The quantitative estimate of drug-likeness (QED) is 0.705. The van der Waals surface area contributed by atoms with Gasteiger partial charge in [-0.25, -0.2) is 18.9 Å². The molecule has 166 valence electrons. The average molecular weight is 445 g/mol. The van der Waals surface area contributed by atoms with Crippen LogP contribution in [0.4, 0.5) is 15.3 Å². The third-order valence-corrected chi connectivity index (χ3v) is 4.99. The molecule has 1 N–H and O–H groups in total. The third-order valence-electron chi connectivity index (χ3n) is 4.57. The Morgan fingerprint density at radius 2 is 1.87 bits per heavy atom. The zero-order valence-electron chi connectivity index (χ0n) is 18.0. The lowest BCUT2D eigenvalue weighted by molar-refractivity contribution is 0.106. The zero-order valence-corrected chi connectivity index (χ0v) is 18.9. The Morgan fingerprint density at radius 1 is 1.13 bits per heavy atom. The molecule has 31 heavy (non-hydrogen) atoms. The minimum atomic E-state index is -0.439. The number of nitrogens with one attached hydrogen (secondary N) is 1. The molecule has 0 aromatic carbocycles. The van der Waals surface area contributed by atoms with Crippen molar-refractivity contribution in [1.82, 2.24) is 25.1 Å². The third kappa shape index (κ3) is 6.83. The number of thiol groups is 1. The van der Waals surface area contributed by atoms with E-state index >= 15 is 0 Å². The van der Waals surface area contributed by atoms with Crippen molar-refractivity contribution in [3.63, 3.8) is 0 Å². The molecule has 3 amide bonds. The summed E-state index contributed by atoms with van der Waals surface area (Å²) in [5.74, 6) is 0.169. The highest BCUT2D eigenvalue weighted by Crippen LogP contribution is 2.19. The lowest BCUT2D eigenvalue weighted by Crippen LogP contribution is -2.49. The summed E-state index contributed by atoms with van der Waals surface area (Å²) in [5.41, 5.74) is 1.09. The van der Waals surface area contributed by atoms with Crippen LogP contribution in [0.3, 0.4) is 0 Å². The predicted octanol–water partition coefficient (Wildman–Crippen LogP) is 2.95. The number of urea groups is 1. The number of anilines is 1. The molecule has 3 rings (SSSR count). The summed E-state index contributed by atoms with van der Waals surface area (Å²) in [6.45, 7) is 9.03. The van der Waals surface area contributed by atoms with Gasteiger partial charge in [-0.1, -0.05) is 18.9 Å². The van der Waals surface area contributed by atoms with Crippen LogP contribution in [0.1, 0.15) is 26.5 Å². The second-order valence-electron chi connectivity index (χ2n) is 8.30. The molecule has 0 bridgehead atoms. The molecule has 1 aliphatic rings. The van der Waals surface area contributed by atoms with Crippen molar-refractivity contribution in [1.29, 1.82) is 0 Å². The Labute approximate surface area is 187 Å². The minimum Gasteiger partial charge on any atom is -0.391 e. The summed E-state index contributed by atoms with van der Waals surface area (Å²) in [5, 5.41) is 2.81. The number of aromatic nitrogens is 2. The summed E-state index contributed by atoms with van der Waals surface area (Å²) in [6, 6.07) is 8.65. The topological polar surface area (TPSA) is 90.9 Å². The van der Waals surface area contributed by atoms with Crippen LogP contribution in [-0.4, -0.2) is 63.6 Å². The molecule has 1 fully saturated rings. The highest BCUT2D eigenvalue weighted by Gasteiger charge is 2.24. The Morgan fingerprint density at radius 3 is 2.45 bits per heavy atom. The number of ether oxygens (including phenoxy) is 1. The molecule has 0 unspecified atom stereocenters. The van der Waals surface area contributed by atoms with Crippen LogP contribution >= 0.6 is 12.8 Å². The monoisotopic (exact) mass is 444 g/mol. The van der Waals surface area contributed by atoms with Crippen molar-refractivity contribution in [3.05, 3.63) is 48.4 Å². The van der Waals surface area contributed by atoms with E-state index in [0.29, 0.717) is 18.8 Å². The number of pyridine rings is 2. The van der Waals surface area contributed by atoms with E-state index in [4.69, 9.17) is 4.74 Å². The van der Waals surface area contributed by atoms with E-state index in [0.717, 1.165) is 29.6 Å². The van der Waals surface area contributed by atoms with Crippen molar-refractivity contribution in [3.8, 4) is 5.88 Å². The number of nitrogens with zero attached hydrogens (tertiary/aromatic N) is 5. The fraction of sp³-hybridized carbons (Fsp3) is 0.429. The number of piperazine rings is 1. The van der Waals surface area contributed by atoms with Gasteiger partial charge in [-0.2, -0.15) is 0 Å². The van der Waals surface area contributed by atoms with E-state index < -0.39 is 6.09 Å². The van der Waals surface area contributed by atoms with Crippen LogP contribution in [0.2, 0.25) is 0 Å². The van der Waals surface area contributed by atoms with E-state index in [1.54, 1.807) is 17.2 Å². The van der Waals surface area contributed by atoms with E-state index in [9.17, 15) is 9.59 Å². The van der Waals surface area contributed by atoms with E-state index in [1.807, 2.05) is 39.0 Å². The smallest absolute Gasteiger partial charge is 0.391 e. The molecule has 2 aromatic rings. The Bertz CT molecular complexity index is 880. The highest BCUT2D eigenvalue weighted by atomic mass is 32.1. The maximum Gasteiger partial charge on any atom is 0.416 e. The molecule has 0 aliphatic carbocycles. The number of hydrogen-bond donors (Lipinski definition) is 2. The van der Waals surface area contributed by atoms with Gasteiger partial charge in [-0.05, 0) is 39.0 Å². The molecule has 0 atom stereocenters. The van der Waals surface area contributed by atoms with Crippen LogP contribution in [0.5, 0.6) is 5.88 Å². The van der Waals surface area contributed by atoms with Gasteiger partial charge in [-0.3, -0.25) is 9.88 Å². The van der Waals surface area contributed by atoms with Gasteiger partial charge in [0.15, 0.2) is 0 Å². The van der Waals surface area contributed by atoms with Crippen LogP contribution in [0, 0.1) is 0 Å². The predicted molar refractivity (Wildman–Crippen MR) is 121 cm³/mol. The van der Waals surface area contributed by atoms with E-state index in [-0.39, 0.29) is 17.5 Å². The number of hydrogen-bond acceptors (Lipinski definition) is 7. The van der Waals surface area contributed by atoms with Crippen molar-refractivity contribution in [2.24, 2.45) is 0 Å². The van der Waals surface area contributed by atoms with Crippen molar-refractivity contribution in [2.45, 2.75) is 32.9 Å². The normalized spacial score (nSPS) is 14.8. The van der Waals surface area contributed by atoms with Gasteiger partial charge in [-0.15, -0.1) is 0 Å². The second kappa shape index (κ2) is 9.97. The lowest BCUT2D eigenvalue weighted by Gasteiger charge is -2.33. The summed E-state index contributed by atoms with van der Waals surface area (Å²) < 4.78 is 6.54. The van der Waals surface area contributed by atoms with Crippen molar-refractivity contribution < 1.29 is 14.3 Å². The highest BCUT2D eigenvalue weighted by molar-refractivity contribution is 7.82. The van der Waals surface area contributed by atoms with Crippen LogP contribution in [0.15, 0.2) is 42.7 Å². The van der Waals surface area contributed by atoms with Gasteiger partial charge in [0.1, 0.15) is 0 Å². The number of carbonyl (C=O) groups excluding carboxylic acids is 2. The fourth-order valence-corrected chi connectivity index (χ4v) is 3.18. The Hall–Kier alpha value is -2.85. The van der Waals surface area contributed by atoms with Crippen LogP contribution < -0.4 is 14.4 Å². The largest absolute Gasteiger partial charge is 0.416 e. The van der Waals surface area contributed by atoms with Gasteiger partial charge in [0.2, 0.25) is 5.88 Å². The number of carbonyl (C=O) groups is 2. The molecule has 1 aliphatic heterocycles. The van der Waals surface area contributed by atoms with Gasteiger partial charge in [0.25, 0.3) is 0 Å². The summed E-state index contributed by atoms with van der Waals surface area (Å²) >= 11 is 4.21. The Kier molecular flexibility index (Phi) is 7.34. The van der Waals surface area contributed by atoms with E-state index in [2.05, 4.69) is 33.0 Å². The van der Waals surface area contributed by atoms with Crippen LogP contribution in [-0.2, 0) is 6.54 Å². The van der Waals surface area contributed by atoms with E-state index in [1.165, 1.54) is 12.3 Å². The molecule has 9 nitrogen and oxygen atoms in total. The molecule has 0 radical (unpaired) electrons. The van der Waals surface area contributed by atoms with Gasteiger partial charge in [0, 0.05) is 50.5 Å². The number of amides is 3. The lowest BCUT2D eigenvalue weighted by atomic mass is 10.1.